The topological polar surface area (TPSA) is 9.23 Å². The second kappa shape index (κ2) is 10.3. The smallest absolute Gasteiger partial charge is 0.103 e. The van der Waals surface area contributed by atoms with Gasteiger partial charge < -0.3 is 4.74 Å². The lowest BCUT2D eigenvalue weighted by molar-refractivity contribution is 0.0401. The first-order chi connectivity index (χ1) is 11.1. The molecule has 0 aliphatic heterocycles. The van der Waals surface area contributed by atoms with Gasteiger partial charge in [-0.05, 0) is 103 Å². The summed E-state index contributed by atoms with van der Waals surface area (Å²) in [5.74, 6) is 0. The van der Waals surface area contributed by atoms with Gasteiger partial charge in [0.1, 0.15) is 12.2 Å². The Morgan fingerprint density at radius 2 is 1.22 bits per heavy atom. The summed E-state index contributed by atoms with van der Waals surface area (Å²) >= 11 is 11.4. The molecule has 120 valence electrons. The highest BCUT2D eigenvalue weighted by molar-refractivity contribution is 14.1. The zero-order valence-corrected chi connectivity index (χ0v) is 19.5. The summed E-state index contributed by atoms with van der Waals surface area (Å²) in [5, 5.41) is 0. The van der Waals surface area contributed by atoms with Gasteiger partial charge in [-0.3, -0.25) is 0 Å². The van der Waals surface area contributed by atoms with Crippen LogP contribution in [0.1, 0.15) is 23.3 Å². The molecule has 0 saturated heterocycles. The Labute approximate surface area is 181 Å². The number of ether oxygens (including phenoxy) is 1. The number of hydrogen-bond donors (Lipinski definition) is 0. The molecular weight excluding hydrogens is 646 g/mol. The molecule has 1 nitrogen and oxygen atoms in total. The van der Waals surface area contributed by atoms with Crippen molar-refractivity contribution in [2.24, 2.45) is 0 Å². The van der Waals surface area contributed by atoms with Crippen LogP contribution in [0.15, 0.2) is 70.7 Å². The Morgan fingerprint density at radius 3 is 1.57 bits per heavy atom. The van der Waals surface area contributed by atoms with Crippen molar-refractivity contribution in [1.29, 1.82) is 0 Å². The minimum Gasteiger partial charge on any atom is -0.357 e. The van der Waals surface area contributed by atoms with Gasteiger partial charge in [0.15, 0.2) is 0 Å². The molecule has 0 saturated carbocycles. The van der Waals surface area contributed by atoms with E-state index in [9.17, 15) is 0 Å². The number of hydrogen-bond acceptors (Lipinski definition) is 1. The quantitative estimate of drug-likeness (QED) is 0.292. The molecule has 0 heterocycles. The van der Waals surface area contributed by atoms with E-state index >= 15 is 0 Å². The SMILES string of the molecule is BrC=CC(OC(C=CBr)c1cccc(I)c1)c1cccc(I)c1. The molecular formula is C18H14Br2I2O. The second-order valence-corrected chi connectivity index (χ2v) is 8.27. The highest BCUT2D eigenvalue weighted by Crippen LogP contribution is 2.31. The molecule has 2 rings (SSSR count). The molecule has 0 aromatic heterocycles. The van der Waals surface area contributed by atoms with E-state index in [2.05, 4.69) is 126 Å². The van der Waals surface area contributed by atoms with Crippen molar-refractivity contribution >= 4 is 77.0 Å². The van der Waals surface area contributed by atoms with Crippen molar-refractivity contribution in [2.45, 2.75) is 12.2 Å². The molecule has 5 heteroatoms. The van der Waals surface area contributed by atoms with E-state index in [1.165, 1.54) is 7.14 Å². The summed E-state index contributed by atoms with van der Waals surface area (Å²) < 4.78 is 8.76. The largest absolute Gasteiger partial charge is 0.357 e. The molecule has 2 aromatic carbocycles. The van der Waals surface area contributed by atoms with Crippen LogP contribution in [0.5, 0.6) is 0 Å². The van der Waals surface area contributed by atoms with Crippen molar-refractivity contribution in [2.75, 3.05) is 0 Å². The summed E-state index contributed by atoms with van der Waals surface area (Å²) in [4.78, 5) is 3.70. The van der Waals surface area contributed by atoms with Crippen LogP contribution in [0.25, 0.3) is 0 Å². The minimum absolute atomic E-state index is 0.129. The number of halogens is 4. The van der Waals surface area contributed by atoms with Crippen molar-refractivity contribution in [3.05, 3.63) is 88.9 Å². The van der Waals surface area contributed by atoms with E-state index in [0.29, 0.717) is 0 Å². The third kappa shape index (κ3) is 6.26. The maximum atomic E-state index is 6.37. The van der Waals surface area contributed by atoms with E-state index in [0.717, 1.165) is 11.1 Å². The van der Waals surface area contributed by atoms with E-state index in [1.807, 2.05) is 22.1 Å². The zero-order chi connectivity index (χ0) is 16.7. The first-order valence-electron chi connectivity index (χ1n) is 6.84. The van der Waals surface area contributed by atoms with Crippen molar-refractivity contribution in [3.63, 3.8) is 0 Å². The average Bonchev–Trinajstić information content (AvgIpc) is 2.54. The third-order valence-corrected chi connectivity index (χ3v) is 5.10. The van der Waals surface area contributed by atoms with Crippen LogP contribution < -0.4 is 0 Å². The highest BCUT2D eigenvalue weighted by Gasteiger charge is 2.16. The number of rotatable bonds is 6. The number of benzene rings is 2. The lowest BCUT2D eigenvalue weighted by atomic mass is 10.1. The molecule has 2 atom stereocenters. The summed E-state index contributed by atoms with van der Waals surface area (Å²) in [7, 11) is 0. The minimum atomic E-state index is -0.129. The van der Waals surface area contributed by atoms with Crippen LogP contribution in [0.4, 0.5) is 0 Å². The van der Waals surface area contributed by atoms with Gasteiger partial charge in [0.25, 0.3) is 0 Å². The van der Waals surface area contributed by atoms with Gasteiger partial charge in [-0.2, -0.15) is 0 Å². The van der Waals surface area contributed by atoms with Crippen LogP contribution in [0.2, 0.25) is 0 Å². The normalized spacial score (nSPS) is 14.4. The predicted molar refractivity (Wildman–Crippen MR) is 121 cm³/mol. The summed E-state index contributed by atoms with van der Waals surface area (Å²) in [6.45, 7) is 0. The fourth-order valence-corrected chi connectivity index (χ4v) is 3.82. The van der Waals surface area contributed by atoms with E-state index < -0.39 is 0 Å². The maximum Gasteiger partial charge on any atom is 0.103 e. The summed E-state index contributed by atoms with van der Waals surface area (Å²) in [5.41, 5.74) is 2.26. The molecule has 0 spiro atoms. The lowest BCUT2D eigenvalue weighted by Crippen LogP contribution is -2.08. The Morgan fingerprint density at radius 1 is 0.783 bits per heavy atom. The van der Waals surface area contributed by atoms with Crippen LogP contribution in [0, 0.1) is 7.14 Å². The van der Waals surface area contributed by atoms with Crippen molar-refractivity contribution in [1.82, 2.24) is 0 Å². The standard InChI is InChI=1S/C18H14Br2I2O/c19-9-7-17(13-3-1-5-15(21)11-13)23-18(8-10-20)14-4-2-6-16(22)12-14/h1-12,17-18H. The molecule has 0 amide bonds. The van der Waals surface area contributed by atoms with E-state index in [1.54, 1.807) is 0 Å². The highest BCUT2D eigenvalue weighted by atomic mass is 127. The van der Waals surface area contributed by atoms with Crippen LogP contribution in [0.3, 0.4) is 0 Å². The van der Waals surface area contributed by atoms with Crippen molar-refractivity contribution in [3.8, 4) is 0 Å². The Bertz CT molecular complexity index is 641. The summed E-state index contributed by atoms with van der Waals surface area (Å²) in [6.07, 6.45) is 3.76. The predicted octanol–water partition coefficient (Wildman–Crippen LogP) is 7.51. The Kier molecular flexibility index (Phi) is 8.81. The Hall–Kier alpha value is 0.300. The molecule has 0 radical (unpaired) electrons. The van der Waals surface area contributed by atoms with Gasteiger partial charge in [0.2, 0.25) is 0 Å². The fourth-order valence-electron chi connectivity index (χ4n) is 2.13. The molecule has 23 heavy (non-hydrogen) atoms. The fraction of sp³-hybridized carbons (Fsp3) is 0.111. The van der Waals surface area contributed by atoms with E-state index in [4.69, 9.17) is 4.74 Å². The molecule has 2 aromatic rings. The molecule has 2 unspecified atom stereocenters. The molecule has 0 aliphatic rings. The van der Waals surface area contributed by atoms with Gasteiger partial charge in [-0.1, -0.05) is 56.1 Å². The second-order valence-electron chi connectivity index (χ2n) is 4.72. The molecule has 0 fully saturated rings. The lowest BCUT2D eigenvalue weighted by Gasteiger charge is -2.22. The molecule has 0 aliphatic carbocycles. The monoisotopic (exact) mass is 658 g/mol. The maximum absolute atomic E-state index is 6.37. The first kappa shape index (κ1) is 19.6. The average molecular weight is 660 g/mol. The van der Waals surface area contributed by atoms with Crippen LogP contribution in [-0.2, 0) is 4.74 Å². The molecule has 0 bridgehead atoms. The van der Waals surface area contributed by atoms with Crippen LogP contribution >= 0.6 is 77.0 Å². The third-order valence-electron chi connectivity index (χ3n) is 3.14. The first-order valence-corrected chi connectivity index (χ1v) is 10.8. The van der Waals surface area contributed by atoms with Gasteiger partial charge in [0, 0.05) is 7.14 Å². The van der Waals surface area contributed by atoms with Crippen molar-refractivity contribution < 1.29 is 4.74 Å². The zero-order valence-electron chi connectivity index (χ0n) is 12.0. The van der Waals surface area contributed by atoms with Gasteiger partial charge in [0.05, 0.1) is 0 Å². The van der Waals surface area contributed by atoms with Crippen LogP contribution in [-0.4, -0.2) is 0 Å². The van der Waals surface area contributed by atoms with Gasteiger partial charge in [-0.15, -0.1) is 0 Å². The molecule has 0 N–H and O–H groups in total. The Balaban J connectivity index is 2.31. The van der Waals surface area contributed by atoms with E-state index in [-0.39, 0.29) is 12.2 Å². The van der Waals surface area contributed by atoms with Gasteiger partial charge in [-0.25, -0.2) is 0 Å². The summed E-state index contributed by atoms with van der Waals surface area (Å²) in [6, 6.07) is 16.7. The van der Waals surface area contributed by atoms with Gasteiger partial charge >= 0.3 is 0 Å².